The average Bonchev–Trinajstić information content (AvgIpc) is 3.59. The number of carboxylic acid groups (broad SMARTS) is 1. The van der Waals surface area contributed by atoms with E-state index >= 15 is 0 Å². The van der Waals surface area contributed by atoms with Gasteiger partial charge in [0.1, 0.15) is 29.5 Å². The molecule has 0 fully saturated rings. The first kappa shape index (κ1) is 36.0. The van der Waals surface area contributed by atoms with E-state index in [9.17, 15) is 19.6 Å². The number of amides is 1. The molecule has 2 aromatic carbocycles. The smallest absolute Gasteiger partial charge is 0.361 e. The molecule has 0 spiro atoms. The van der Waals surface area contributed by atoms with Crippen molar-refractivity contribution in [2.75, 3.05) is 38.9 Å². The number of nitriles is 1. The molecule has 0 saturated carbocycles. The Kier molecular flexibility index (Phi) is 11.5. The van der Waals surface area contributed by atoms with E-state index < -0.39 is 30.2 Å². The molecule has 5 rings (SSSR count). The number of ether oxygens (including phenoxy) is 4. The lowest BCUT2D eigenvalue weighted by Gasteiger charge is -2.13. The lowest BCUT2D eigenvalue weighted by atomic mass is 9.96. The predicted molar refractivity (Wildman–Crippen MR) is 184 cm³/mol. The Morgan fingerprint density at radius 2 is 1.76 bits per heavy atom. The van der Waals surface area contributed by atoms with E-state index in [2.05, 4.69) is 35.4 Å². The van der Waals surface area contributed by atoms with Crippen molar-refractivity contribution in [1.29, 1.82) is 5.26 Å². The number of methoxy groups -OCH3 is 1. The number of rotatable bonds is 14. The van der Waals surface area contributed by atoms with Gasteiger partial charge in [-0.15, -0.1) is 21.5 Å². The minimum atomic E-state index is -1.41. The van der Waals surface area contributed by atoms with Crippen LogP contribution in [0.5, 0.6) is 0 Å². The number of fused-ring (bicyclic) bond motifs is 3. The highest BCUT2D eigenvalue weighted by molar-refractivity contribution is 7.15. The van der Waals surface area contributed by atoms with Crippen LogP contribution in [0.3, 0.4) is 0 Å². The number of benzene rings is 2. The van der Waals surface area contributed by atoms with E-state index in [4.69, 9.17) is 29.0 Å². The zero-order valence-electron chi connectivity index (χ0n) is 28.2. The highest BCUT2D eigenvalue weighted by Crippen LogP contribution is 2.40. The van der Waals surface area contributed by atoms with Crippen LogP contribution in [0.1, 0.15) is 58.2 Å². The number of thiophene rings is 1. The molecule has 0 aliphatic carbocycles. The molecule has 260 valence electrons. The Morgan fingerprint density at radius 3 is 2.44 bits per heavy atom. The molecule has 1 aliphatic rings. The van der Waals surface area contributed by atoms with Gasteiger partial charge in [0, 0.05) is 22.6 Å². The van der Waals surface area contributed by atoms with E-state index in [-0.39, 0.29) is 38.4 Å². The van der Waals surface area contributed by atoms with Gasteiger partial charge in [0.2, 0.25) is 5.91 Å². The van der Waals surface area contributed by atoms with Crippen molar-refractivity contribution in [2.45, 2.75) is 46.4 Å². The Labute approximate surface area is 292 Å². The van der Waals surface area contributed by atoms with Gasteiger partial charge in [-0.1, -0.05) is 30.3 Å². The van der Waals surface area contributed by atoms with Crippen molar-refractivity contribution < 1.29 is 38.4 Å². The molecule has 0 bridgehead atoms. The second kappa shape index (κ2) is 16.0. The number of carbonyl (C=O) groups is 3. The van der Waals surface area contributed by atoms with Gasteiger partial charge in [-0.25, -0.2) is 4.79 Å². The molecular formula is C35H36N6O8S. The molecule has 2 aromatic heterocycles. The fraction of sp³-hybridized carbons (Fsp3) is 0.343. The first-order valence-corrected chi connectivity index (χ1v) is 16.5. The Bertz CT molecular complexity index is 1980. The Hall–Kier alpha value is -5.27. The average molecular weight is 701 g/mol. The van der Waals surface area contributed by atoms with Crippen LogP contribution in [0.25, 0.3) is 16.1 Å². The van der Waals surface area contributed by atoms with E-state index in [1.807, 2.05) is 35.8 Å². The first-order chi connectivity index (χ1) is 24.1. The summed E-state index contributed by atoms with van der Waals surface area (Å²) in [5, 5.41) is 31.2. The molecule has 14 nitrogen and oxygen atoms in total. The molecular weight excluding hydrogens is 664 g/mol. The van der Waals surface area contributed by atoms with Crippen molar-refractivity contribution in [3.8, 4) is 22.2 Å². The second-order valence-corrected chi connectivity index (χ2v) is 12.4. The van der Waals surface area contributed by atoms with Crippen LogP contribution in [-0.4, -0.2) is 83.3 Å². The van der Waals surface area contributed by atoms with E-state index in [0.717, 1.165) is 43.4 Å². The van der Waals surface area contributed by atoms with Crippen LogP contribution in [0.4, 0.5) is 5.69 Å². The number of carboxylic acids is 1. The number of nitrogens with zero attached hydrogens (tertiary/aromatic N) is 5. The van der Waals surface area contributed by atoms with Gasteiger partial charge in [0.25, 0.3) is 6.29 Å². The molecule has 50 heavy (non-hydrogen) atoms. The van der Waals surface area contributed by atoms with Crippen LogP contribution in [-0.2, 0) is 33.3 Å². The van der Waals surface area contributed by atoms with E-state index in [1.165, 1.54) is 7.11 Å². The first-order valence-electron chi connectivity index (χ1n) is 15.7. The number of aliphatic carboxylic acids is 1. The van der Waals surface area contributed by atoms with Gasteiger partial charge in [-0.2, -0.15) is 5.26 Å². The molecule has 4 aromatic rings. The number of nitrogens with one attached hydrogen (secondary N) is 1. The number of hydrogen-bond acceptors (Lipinski definition) is 12. The van der Waals surface area contributed by atoms with Crippen LogP contribution in [0.2, 0.25) is 0 Å². The highest BCUT2D eigenvalue weighted by atomic mass is 32.1. The second-order valence-electron chi connectivity index (χ2n) is 11.2. The number of aliphatic imine (C=N–C) groups is 1. The lowest BCUT2D eigenvalue weighted by molar-refractivity contribution is -0.190. The predicted octanol–water partition coefficient (Wildman–Crippen LogP) is 4.67. The van der Waals surface area contributed by atoms with Gasteiger partial charge in [0.15, 0.2) is 5.82 Å². The molecule has 15 heteroatoms. The number of aryl methyl sites for hydroxylation is 2. The van der Waals surface area contributed by atoms with E-state index in [1.54, 1.807) is 36.5 Å². The summed E-state index contributed by atoms with van der Waals surface area (Å²) in [6, 6.07) is 14.4. The third kappa shape index (κ3) is 7.79. The zero-order chi connectivity index (χ0) is 35.9. The third-order valence-electron chi connectivity index (χ3n) is 7.98. The third-order valence-corrected chi connectivity index (χ3v) is 9.18. The normalized spacial score (nSPS) is 14.1. The summed E-state index contributed by atoms with van der Waals surface area (Å²) in [6.45, 7) is 7.37. The molecule has 1 unspecified atom stereocenters. The molecule has 0 radical (unpaired) electrons. The van der Waals surface area contributed by atoms with Crippen molar-refractivity contribution in [1.82, 2.24) is 14.8 Å². The number of carbonyl (C=O) groups excluding carboxylic acids is 2. The minimum absolute atomic E-state index is 0.00520. The van der Waals surface area contributed by atoms with Crippen molar-refractivity contribution >= 4 is 40.6 Å². The Balaban J connectivity index is 1.33. The maximum atomic E-state index is 12.5. The fourth-order valence-corrected chi connectivity index (χ4v) is 6.63. The largest absolute Gasteiger partial charge is 0.477 e. The molecule has 2 N–H and O–H groups in total. The maximum absolute atomic E-state index is 12.5. The van der Waals surface area contributed by atoms with Gasteiger partial charge >= 0.3 is 11.9 Å². The van der Waals surface area contributed by atoms with E-state index in [0.29, 0.717) is 17.3 Å². The number of esters is 1. The zero-order valence-corrected chi connectivity index (χ0v) is 29.0. The number of anilines is 1. The molecule has 1 aliphatic heterocycles. The van der Waals surface area contributed by atoms with Gasteiger partial charge in [0.05, 0.1) is 43.7 Å². The molecule has 2 atom stereocenters. The van der Waals surface area contributed by atoms with Crippen LogP contribution < -0.4 is 5.32 Å². The van der Waals surface area contributed by atoms with Gasteiger partial charge in [-0.05, 0) is 56.5 Å². The SMILES string of the molecule is CCOC(OCCOCC(=O)Nc1ccc(-c2ccc(C3=N[C@@H](CC(=O)OC)c4nnc(C)n4-c4sc(C)c(C)c43)cc2)cc1C#N)C(=O)O. The molecule has 0 saturated heterocycles. The highest BCUT2D eigenvalue weighted by Gasteiger charge is 2.32. The minimum Gasteiger partial charge on any atom is -0.477 e. The summed E-state index contributed by atoms with van der Waals surface area (Å²) in [6.07, 6.45) is -1.40. The number of aromatic nitrogens is 3. The standard InChI is InChI=1S/C35H36N6O8S/c1-6-48-35(34(44)45)49-14-13-47-18-28(42)37-26-12-11-24(15-25(26)17-36)22-7-9-23(10-8-22)31-30-19(2)20(3)50-33(30)41-21(4)39-40-32(41)27(38-31)16-29(43)46-5/h7-12,15,27,35H,6,13-14,16,18H2,1-5H3,(H,37,42)(H,44,45)/t27-,35?/m0/s1. The van der Waals surface area contributed by atoms with Gasteiger partial charge in [-0.3, -0.25) is 19.1 Å². The monoisotopic (exact) mass is 700 g/mol. The summed E-state index contributed by atoms with van der Waals surface area (Å²) < 4.78 is 22.3. The number of hydrogen-bond donors (Lipinski definition) is 2. The summed E-state index contributed by atoms with van der Waals surface area (Å²) in [5.74, 6) is -0.873. The lowest BCUT2D eigenvalue weighted by Crippen LogP contribution is -2.29. The molecule has 3 heterocycles. The quantitative estimate of drug-likeness (QED) is 0.106. The molecule has 1 amide bonds. The summed E-state index contributed by atoms with van der Waals surface area (Å²) in [5.41, 5.74) is 5.78. The van der Waals surface area contributed by atoms with Crippen molar-refractivity contribution in [3.63, 3.8) is 0 Å². The topological polar surface area (TPSA) is 187 Å². The van der Waals surface area contributed by atoms with Crippen LogP contribution in [0.15, 0.2) is 47.5 Å². The van der Waals surface area contributed by atoms with Gasteiger partial charge < -0.3 is 29.4 Å². The van der Waals surface area contributed by atoms with Crippen LogP contribution in [0, 0.1) is 32.1 Å². The summed E-state index contributed by atoms with van der Waals surface area (Å²) >= 11 is 1.62. The van der Waals surface area contributed by atoms with Crippen LogP contribution >= 0.6 is 11.3 Å². The summed E-state index contributed by atoms with van der Waals surface area (Å²) in [7, 11) is 1.35. The van der Waals surface area contributed by atoms with Crippen molar-refractivity contribution in [3.05, 3.63) is 81.2 Å². The fourth-order valence-electron chi connectivity index (χ4n) is 5.42. The maximum Gasteiger partial charge on any atom is 0.361 e. The Morgan fingerprint density at radius 1 is 1.04 bits per heavy atom. The summed E-state index contributed by atoms with van der Waals surface area (Å²) in [4.78, 5) is 42.2. The van der Waals surface area contributed by atoms with Crippen molar-refractivity contribution in [2.24, 2.45) is 4.99 Å².